The van der Waals surface area contributed by atoms with Crippen molar-refractivity contribution < 1.29 is 20.6 Å². The van der Waals surface area contributed by atoms with E-state index in [9.17, 15) is 14.4 Å². The molecule has 0 spiro atoms. The number of hydrogen-bond donors (Lipinski definition) is 0. The second-order valence-corrected chi connectivity index (χ2v) is 1.76. The summed E-state index contributed by atoms with van der Waals surface area (Å²) >= 11 is 0. The Bertz CT molecular complexity index is 211. The fraction of sp³-hybridized carbons (Fsp3) is 0.400. The number of nitrogens with zero attached hydrogens (tertiary/aromatic N) is 1. The molecule has 1 aliphatic heterocycles. The third kappa shape index (κ3) is 0.975. The molecule has 0 aromatic carbocycles. The first-order valence-corrected chi connectivity index (χ1v) is 2.65. The van der Waals surface area contributed by atoms with Crippen LogP contribution < -0.4 is 0 Å². The zero-order valence-electron chi connectivity index (χ0n) is 5.99. The van der Waals surface area contributed by atoms with E-state index in [-0.39, 0.29) is 12.8 Å². The molecule has 1 aliphatic rings. The van der Waals surface area contributed by atoms with Crippen molar-refractivity contribution in [3.8, 4) is 0 Å². The van der Waals surface area contributed by atoms with Gasteiger partial charge >= 0.3 is 6.45 Å². The van der Waals surface area contributed by atoms with Crippen LogP contribution in [0.4, 0.5) is 0 Å². The maximum Gasteiger partial charge on any atom is 0.321 e. The van der Waals surface area contributed by atoms with E-state index >= 15 is 0 Å². The standard InChI is InChI=1S/C5H5NO4/c7-3-10-6-4(8)1-2-5(6)9/h3H,1-2H2/i3T. The van der Waals surface area contributed by atoms with E-state index in [4.69, 9.17) is 1.37 Å². The SMILES string of the molecule is [3H]C(=O)ON1C(=O)CCC1=O. The van der Waals surface area contributed by atoms with Gasteiger partial charge in [0.25, 0.3) is 11.8 Å². The fourth-order valence-electron chi connectivity index (χ4n) is 0.695. The van der Waals surface area contributed by atoms with Crippen molar-refractivity contribution in [1.82, 2.24) is 5.06 Å². The molecule has 1 rings (SSSR count). The van der Waals surface area contributed by atoms with Crippen LogP contribution in [-0.4, -0.2) is 23.3 Å². The number of rotatable bonds is 1. The molecular formula is C5H5NO4. The van der Waals surface area contributed by atoms with Gasteiger partial charge in [-0.1, -0.05) is 0 Å². The van der Waals surface area contributed by atoms with E-state index in [0.29, 0.717) is 5.06 Å². The van der Waals surface area contributed by atoms with Gasteiger partial charge in [0.15, 0.2) is 1.37 Å². The highest BCUT2D eigenvalue weighted by molar-refractivity contribution is 6.01. The van der Waals surface area contributed by atoms with Gasteiger partial charge in [-0.15, -0.1) is 5.06 Å². The molecule has 0 atom stereocenters. The van der Waals surface area contributed by atoms with Crippen molar-refractivity contribution in [3.63, 3.8) is 0 Å². The molecule has 0 aromatic heterocycles. The van der Waals surface area contributed by atoms with E-state index in [0.717, 1.165) is 0 Å². The van der Waals surface area contributed by atoms with Crippen LogP contribution in [0.2, 0.25) is 0 Å². The van der Waals surface area contributed by atoms with Crippen molar-refractivity contribution in [2.75, 3.05) is 0 Å². The van der Waals surface area contributed by atoms with Crippen molar-refractivity contribution >= 4 is 18.3 Å². The van der Waals surface area contributed by atoms with Gasteiger partial charge in [-0.2, -0.15) is 0 Å². The molecule has 2 amide bonds. The zero-order valence-corrected chi connectivity index (χ0v) is 4.99. The summed E-state index contributed by atoms with van der Waals surface area (Å²) in [5.74, 6) is -1.15. The molecule has 0 aromatic rings. The summed E-state index contributed by atoms with van der Waals surface area (Å²) in [4.78, 5) is 35.3. The minimum Gasteiger partial charge on any atom is -0.334 e. The first kappa shape index (κ1) is 5.40. The lowest BCUT2D eigenvalue weighted by atomic mass is 10.4. The lowest BCUT2D eigenvalue weighted by Gasteiger charge is -2.06. The molecule has 0 bridgehead atoms. The average molecular weight is 145 g/mol. The molecule has 0 aliphatic carbocycles. The van der Waals surface area contributed by atoms with Crippen LogP contribution in [0, 0.1) is 0 Å². The number of hydrogen-bond acceptors (Lipinski definition) is 4. The second-order valence-electron chi connectivity index (χ2n) is 1.76. The smallest absolute Gasteiger partial charge is 0.321 e. The van der Waals surface area contributed by atoms with E-state index in [1.807, 2.05) is 0 Å². The third-order valence-electron chi connectivity index (χ3n) is 1.13. The first-order valence-electron chi connectivity index (χ1n) is 3.15. The van der Waals surface area contributed by atoms with Gasteiger partial charge in [0.2, 0.25) is 0 Å². The minimum atomic E-state index is -1.41. The van der Waals surface area contributed by atoms with Gasteiger partial charge in [0, 0.05) is 12.8 Å². The summed E-state index contributed by atoms with van der Waals surface area (Å²) in [7, 11) is 0. The van der Waals surface area contributed by atoms with Crippen LogP contribution >= 0.6 is 0 Å². The molecule has 0 N–H and O–H groups in total. The van der Waals surface area contributed by atoms with Crippen LogP contribution in [0.25, 0.3) is 0 Å². The normalized spacial score (nSPS) is 19.2. The van der Waals surface area contributed by atoms with E-state index in [1.54, 1.807) is 0 Å². The van der Waals surface area contributed by atoms with Crippen LogP contribution in [0.1, 0.15) is 14.2 Å². The highest BCUT2D eigenvalue weighted by Crippen LogP contribution is 2.10. The van der Waals surface area contributed by atoms with Crippen molar-refractivity contribution in [1.29, 1.82) is 0 Å². The van der Waals surface area contributed by atoms with Crippen LogP contribution in [0.15, 0.2) is 0 Å². The van der Waals surface area contributed by atoms with Gasteiger partial charge in [-0.3, -0.25) is 14.4 Å². The summed E-state index contributed by atoms with van der Waals surface area (Å²) in [6, 6.07) is 0. The Morgan fingerprint density at radius 2 is 2.00 bits per heavy atom. The van der Waals surface area contributed by atoms with Crippen molar-refractivity contribution in [3.05, 3.63) is 0 Å². The Morgan fingerprint density at radius 1 is 1.50 bits per heavy atom. The molecule has 10 heavy (non-hydrogen) atoms. The predicted molar refractivity (Wildman–Crippen MR) is 28.2 cm³/mol. The maximum absolute atomic E-state index is 10.7. The largest absolute Gasteiger partial charge is 0.334 e. The molecule has 0 unspecified atom stereocenters. The number of carbonyl (C=O) groups is 3. The van der Waals surface area contributed by atoms with E-state index < -0.39 is 18.3 Å². The number of amides is 2. The molecule has 0 radical (unpaired) electrons. The Hall–Kier alpha value is -1.39. The van der Waals surface area contributed by atoms with E-state index in [2.05, 4.69) is 4.84 Å². The van der Waals surface area contributed by atoms with E-state index in [1.165, 1.54) is 0 Å². The van der Waals surface area contributed by atoms with Crippen molar-refractivity contribution in [2.24, 2.45) is 0 Å². The monoisotopic (exact) mass is 145 g/mol. The lowest BCUT2D eigenvalue weighted by molar-refractivity contribution is -0.188. The topological polar surface area (TPSA) is 63.7 Å². The van der Waals surface area contributed by atoms with Crippen LogP contribution in [0.5, 0.6) is 0 Å². The third-order valence-corrected chi connectivity index (χ3v) is 1.13. The summed E-state index contributed by atoms with van der Waals surface area (Å²) in [6.07, 6.45) is -1.31. The maximum atomic E-state index is 10.7. The summed E-state index contributed by atoms with van der Waals surface area (Å²) < 4.78 is 6.32. The zero-order chi connectivity index (χ0) is 8.43. The Balaban J connectivity index is 2.62. The Kier molecular flexibility index (Phi) is 1.33. The summed E-state index contributed by atoms with van der Waals surface area (Å²) in [5.41, 5.74) is 0. The Labute approximate surface area is 57.9 Å². The number of carbonyl (C=O) groups excluding carboxylic acids is 3. The van der Waals surface area contributed by atoms with Gasteiger partial charge in [0.05, 0.1) is 0 Å². The molecule has 1 saturated heterocycles. The number of imide groups is 1. The quantitative estimate of drug-likeness (QED) is 0.358. The van der Waals surface area contributed by atoms with Crippen molar-refractivity contribution in [2.45, 2.75) is 12.8 Å². The lowest BCUT2D eigenvalue weighted by Crippen LogP contribution is -2.28. The number of hydroxylamine groups is 2. The molecule has 1 fully saturated rings. The molecular weight excluding hydrogens is 138 g/mol. The van der Waals surface area contributed by atoms with Crippen LogP contribution in [-0.2, 0) is 19.2 Å². The predicted octanol–water partition coefficient (Wildman–Crippen LogP) is -0.777. The molecule has 1 heterocycles. The molecule has 0 saturated carbocycles. The molecule has 54 valence electrons. The minimum absolute atomic E-state index is 0.0477. The summed E-state index contributed by atoms with van der Waals surface area (Å²) in [5, 5.41) is 0.329. The molecule has 5 heteroatoms. The van der Waals surface area contributed by atoms with Gasteiger partial charge in [0.1, 0.15) is 0 Å². The van der Waals surface area contributed by atoms with Gasteiger partial charge < -0.3 is 4.84 Å². The summed E-state index contributed by atoms with van der Waals surface area (Å²) in [6.45, 7) is 0. The fourth-order valence-corrected chi connectivity index (χ4v) is 0.695. The highest BCUT2D eigenvalue weighted by Gasteiger charge is 2.30. The Morgan fingerprint density at radius 3 is 2.40 bits per heavy atom. The molecule has 5 nitrogen and oxygen atoms in total. The van der Waals surface area contributed by atoms with Gasteiger partial charge in [-0.05, 0) is 0 Å². The van der Waals surface area contributed by atoms with Gasteiger partial charge in [-0.25, -0.2) is 0 Å². The second kappa shape index (κ2) is 2.47. The highest BCUT2D eigenvalue weighted by atomic mass is 16.7. The first-order chi connectivity index (χ1) is 5.11. The van der Waals surface area contributed by atoms with Crippen LogP contribution in [0.3, 0.4) is 0 Å². The average Bonchev–Trinajstić information content (AvgIpc) is 2.18.